The molecule has 0 radical (unpaired) electrons. The number of aromatic nitrogens is 1. The SMILES string of the molecule is COC(=O)[C@@]12COC[C@@H]1CN(c1ccc(C(N)=O)cn1)C2. The molecular weight excluding hydrogens is 274 g/mol. The first-order valence-electron chi connectivity index (χ1n) is 6.74. The fourth-order valence-electron chi connectivity index (χ4n) is 3.12. The molecule has 2 N–H and O–H groups in total. The number of hydrogen-bond acceptors (Lipinski definition) is 6. The molecule has 0 unspecified atom stereocenters. The Bertz CT molecular complexity index is 574. The maximum absolute atomic E-state index is 12.1. The first kappa shape index (κ1) is 13.8. The van der Waals surface area contributed by atoms with Gasteiger partial charge >= 0.3 is 5.97 Å². The number of amides is 1. The summed E-state index contributed by atoms with van der Waals surface area (Å²) in [6.07, 6.45) is 1.45. The molecular formula is C14H17N3O4. The van der Waals surface area contributed by atoms with Gasteiger partial charge in [0, 0.05) is 25.2 Å². The van der Waals surface area contributed by atoms with Gasteiger partial charge in [0.1, 0.15) is 11.2 Å². The number of primary amides is 1. The van der Waals surface area contributed by atoms with Crippen molar-refractivity contribution in [1.29, 1.82) is 0 Å². The number of pyridine rings is 1. The second kappa shape index (κ2) is 5.00. The van der Waals surface area contributed by atoms with Crippen molar-refractivity contribution < 1.29 is 19.1 Å². The monoisotopic (exact) mass is 291 g/mol. The Labute approximate surface area is 122 Å². The zero-order valence-corrected chi connectivity index (χ0v) is 11.7. The standard InChI is InChI=1S/C14H17N3O4/c1-20-13(19)14-7-17(5-10(14)6-21-8-14)11-3-2-9(4-16-11)12(15)18/h2-4,10H,5-8H2,1H3,(H2,15,18)/t10-,14-/m0/s1. The lowest BCUT2D eigenvalue weighted by atomic mass is 9.81. The molecule has 1 aromatic rings. The molecule has 1 aromatic heterocycles. The molecule has 21 heavy (non-hydrogen) atoms. The highest BCUT2D eigenvalue weighted by atomic mass is 16.5. The molecule has 2 saturated heterocycles. The average molecular weight is 291 g/mol. The van der Waals surface area contributed by atoms with Crippen molar-refractivity contribution in [3.63, 3.8) is 0 Å². The zero-order valence-electron chi connectivity index (χ0n) is 11.7. The highest BCUT2D eigenvalue weighted by molar-refractivity contribution is 5.92. The summed E-state index contributed by atoms with van der Waals surface area (Å²) in [4.78, 5) is 29.5. The molecule has 2 fully saturated rings. The number of ether oxygens (including phenoxy) is 2. The number of fused-ring (bicyclic) bond motifs is 1. The van der Waals surface area contributed by atoms with E-state index in [1.165, 1.54) is 13.3 Å². The van der Waals surface area contributed by atoms with Crippen LogP contribution in [0.15, 0.2) is 18.3 Å². The predicted molar refractivity (Wildman–Crippen MR) is 73.7 cm³/mol. The topological polar surface area (TPSA) is 94.8 Å². The van der Waals surface area contributed by atoms with Crippen LogP contribution in [-0.2, 0) is 14.3 Å². The maximum Gasteiger partial charge on any atom is 0.316 e. The number of carbonyl (C=O) groups is 2. The van der Waals surface area contributed by atoms with E-state index in [2.05, 4.69) is 4.98 Å². The number of esters is 1. The second-order valence-corrected chi connectivity index (χ2v) is 5.51. The molecule has 2 atom stereocenters. The highest BCUT2D eigenvalue weighted by Crippen LogP contribution is 2.43. The normalized spacial score (nSPS) is 27.5. The Morgan fingerprint density at radius 1 is 1.52 bits per heavy atom. The molecule has 0 bridgehead atoms. The summed E-state index contributed by atoms with van der Waals surface area (Å²) >= 11 is 0. The van der Waals surface area contributed by atoms with E-state index >= 15 is 0 Å². The average Bonchev–Trinajstić information content (AvgIpc) is 3.04. The summed E-state index contributed by atoms with van der Waals surface area (Å²) in [5, 5.41) is 0. The van der Waals surface area contributed by atoms with Crippen LogP contribution in [0.25, 0.3) is 0 Å². The van der Waals surface area contributed by atoms with E-state index in [0.717, 1.165) is 5.82 Å². The van der Waals surface area contributed by atoms with E-state index in [9.17, 15) is 9.59 Å². The van der Waals surface area contributed by atoms with Crippen molar-refractivity contribution in [2.45, 2.75) is 0 Å². The number of nitrogens with zero attached hydrogens (tertiary/aromatic N) is 2. The Hall–Kier alpha value is -2.15. The van der Waals surface area contributed by atoms with Crippen LogP contribution >= 0.6 is 0 Å². The second-order valence-electron chi connectivity index (χ2n) is 5.51. The van der Waals surface area contributed by atoms with Crippen molar-refractivity contribution in [1.82, 2.24) is 4.98 Å². The summed E-state index contributed by atoms with van der Waals surface area (Å²) in [5.74, 6) is 0.0771. The van der Waals surface area contributed by atoms with Gasteiger partial charge in [-0.1, -0.05) is 0 Å². The fourth-order valence-corrected chi connectivity index (χ4v) is 3.12. The van der Waals surface area contributed by atoms with Gasteiger partial charge < -0.3 is 20.1 Å². The quantitative estimate of drug-likeness (QED) is 0.775. The first-order valence-corrected chi connectivity index (χ1v) is 6.74. The smallest absolute Gasteiger partial charge is 0.316 e. The van der Waals surface area contributed by atoms with E-state index in [4.69, 9.17) is 15.2 Å². The lowest BCUT2D eigenvalue weighted by Crippen LogP contribution is -2.40. The summed E-state index contributed by atoms with van der Waals surface area (Å²) in [5.41, 5.74) is 4.95. The maximum atomic E-state index is 12.1. The van der Waals surface area contributed by atoms with Crippen LogP contribution in [-0.4, -0.2) is 50.3 Å². The fraction of sp³-hybridized carbons (Fsp3) is 0.500. The van der Waals surface area contributed by atoms with Crippen LogP contribution in [0.5, 0.6) is 0 Å². The minimum atomic E-state index is -0.612. The number of rotatable bonds is 3. The van der Waals surface area contributed by atoms with E-state index in [1.54, 1.807) is 12.1 Å². The minimum Gasteiger partial charge on any atom is -0.468 e. The Morgan fingerprint density at radius 2 is 2.33 bits per heavy atom. The van der Waals surface area contributed by atoms with Gasteiger partial charge in [0.2, 0.25) is 5.91 Å². The van der Waals surface area contributed by atoms with E-state index in [0.29, 0.717) is 31.9 Å². The van der Waals surface area contributed by atoms with Gasteiger partial charge in [-0.25, -0.2) is 4.98 Å². The molecule has 1 amide bonds. The molecule has 0 aliphatic carbocycles. The number of hydrogen-bond donors (Lipinski definition) is 1. The van der Waals surface area contributed by atoms with Crippen LogP contribution < -0.4 is 10.6 Å². The number of anilines is 1. The van der Waals surface area contributed by atoms with E-state index < -0.39 is 11.3 Å². The van der Waals surface area contributed by atoms with Gasteiger partial charge in [0.15, 0.2) is 0 Å². The third kappa shape index (κ3) is 2.13. The van der Waals surface area contributed by atoms with Gasteiger partial charge in [-0.05, 0) is 12.1 Å². The zero-order chi connectivity index (χ0) is 15.0. The molecule has 7 heteroatoms. The predicted octanol–water partition coefficient (Wildman–Crippen LogP) is -0.194. The Morgan fingerprint density at radius 3 is 2.95 bits per heavy atom. The molecule has 2 aliphatic rings. The van der Waals surface area contributed by atoms with Crippen molar-refractivity contribution in [2.24, 2.45) is 17.1 Å². The summed E-state index contributed by atoms with van der Waals surface area (Å²) in [6.45, 7) is 2.11. The van der Waals surface area contributed by atoms with Crippen LogP contribution in [0.4, 0.5) is 5.82 Å². The van der Waals surface area contributed by atoms with Crippen LogP contribution in [0.3, 0.4) is 0 Å². The largest absolute Gasteiger partial charge is 0.468 e. The highest BCUT2D eigenvalue weighted by Gasteiger charge is 2.57. The Balaban J connectivity index is 1.83. The number of nitrogens with two attached hydrogens (primary N) is 1. The lowest BCUT2D eigenvalue weighted by molar-refractivity contribution is -0.152. The molecule has 0 saturated carbocycles. The molecule has 112 valence electrons. The lowest BCUT2D eigenvalue weighted by Gasteiger charge is -2.24. The molecule has 7 nitrogen and oxygen atoms in total. The Kier molecular flexibility index (Phi) is 3.29. The van der Waals surface area contributed by atoms with Gasteiger partial charge in [-0.2, -0.15) is 0 Å². The van der Waals surface area contributed by atoms with Crippen molar-refractivity contribution in [2.75, 3.05) is 38.3 Å². The van der Waals surface area contributed by atoms with Crippen molar-refractivity contribution in [3.8, 4) is 0 Å². The van der Waals surface area contributed by atoms with Crippen LogP contribution in [0.2, 0.25) is 0 Å². The summed E-state index contributed by atoms with van der Waals surface area (Å²) in [7, 11) is 1.40. The van der Waals surface area contributed by atoms with Gasteiger partial charge in [0.05, 0.1) is 25.9 Å². The van der Waals surface area contributed by atoms with Crippen molar-refractivity contribution in [3.05, 3.63) is 23.9 Å². The van der Waals surface area contributed by atoms with E-state index in [1.807, 2.05) is 4.90 Å². The van der Waals surface area contributed by atoms with Crippen LogP contribution in [0, 0.1) is 11.3 Å². The first-order chi connectivity index (χ1) is 10.1. The van der Waals surface area contributed by atoms with Gasteiger partial charge in [0.25, 0.3) is 0 Å². The van der Waals surface area contributed by atoms with E-state index in [-0.39, 0.29) is 11.9 Å². The molecule has 3 heterocycles. The summed E-state index contributed by atoms with van der Waals surface area (Å²) in [6, 6.07) is 3.38. The molecule has 3 rings (SSSR count). The van der Waals surface area contributed by atoms with Gasteiger partial charge in [-0.15, -0.1) is 0 Å². The molecule has 0 spiro atoms. The van der Waals surface area contributed by atoms with Crippen molar-refractivity contribution >= 4 is 17.7 Å². The minimum absolute atomic E-state index is 0.0996. The van der Waals surface area contributed by atoms with Crippen LogP contribution in [0.1, 0.15) is 10.4 Å². The molecule has 0 aromatic carbocycles. The summed E-state index contributed by atoms with van der Waals surface area (Å²) < 4.78 is 10.4. The number of methoxy groups -OCH3 is 1. The number of carbonyl (C=O) groups excluding carboxylic acids is 2. The third-order valence-corrected chi connectivity index (χ3v) is 4.32. The van der Waals surface area contributed by atoms with Gasteiger partial charge in [-0.3, -0.25) is 9.59 Å². The third-order valence-electron chi connectivity index (χ3n) is 4.32. The molecule has 2 aliphatic heterocycles.